The van der Waals surface area contributed by atoms with Crippen molar-refractivity contribution in [2.24, 2.45) is 0 Å². The van der Waals surface area contributed by atoms with Gasteiger partial charge in [0, 0.05) is 25.4 Å². The Morgan fingerprint density at radius 3 is 2.42 bits per heavy atom. The highest BCUT2D eigenvalue weighted by atomic mass is 32.2. The first-order valence-electron chi connectivity index (χ1n) is 7.64. The number of unbranched alkanes of at least 4 members (excludes halogenated alkanes) is 1. The molecular weight excluding hydrogens is 330 g/mol. The highest BCUT2D eigenvalue weighted by Gasteiger charge is 2.17. The van der Waals surface area contributed by atoms with E-state index in [9.17, 15) is 18.0 Å². The number of aryl methyl sites for hydroxylation is 1. The molecule has 0 saturated heterocycles. The van der Waals surface area contributed by atoms with E-state index < -0.39 is 15.7 Å². The van der Waals surface area contributed by atoms with Gasteiger partial charge in [0.2, 0.25) is 10.0 Å². The largest absolute Gasteiger partial charge is 0.328 e. The van der Waals surface area contributed by atoms with Crippen molar-refractivity contribution in [2.75, 3.05) is 17.1 Å². The van der Waals surface area contributed by atoms with Gasteiger partial charge in [0.05, 0.1) is 11.4 Å². The molecule has 0 saturated carbocycles. The number of nitrogens with one attached hydrogen (secondary N) is 1. The lowest BCUT2D eigenvalue weighted by Gasteiger charge is -2.19. The van der Waals surface area contributed by atoms with E-state index in [0.717, 1.165) is 4.57 Å². The average molecular weight is 351 g/mol. The van der Waals surface area contributed by atoms with Crippen molar-refractivity contribution in [3.63, 3.8) is 0 Å². The second-order valence-corrected chi connectivity index (χ2v) is 7.69. The molecule has 7 nitrogen and oxygen atoms in total. The number of H-pyrrole nitrogens is 1. The summed E-state index contributed by atoms with van der Waals surface area (Å²) < 4.78 is 27.0. The number of anilines is 1. The van der Waals surface area contributed by atoms with Crippen LogP contribution in [-0.4, -0.2) is 30.8 Å². The number of aromatic nitrogens is 2. The van der Waals surface area contributed by atoms with Gasteiger partial charge in [0.1, 0.15) is 0 Å². The van der Waals surface area contributed by atoms with Gasteiger partial charge in [-0.1, -0.05) is 18.2 Å². The van der Waals surface area contributed by atoms with Crippen molar-refractivity contribution >= 4 is 15.7 Å². The predicted octanol–water partition coefficient (Wildman–Crippen LogP) is 1.09. The number of hydrogen-bond acceptors (Lipinski definition) is 4. The third-order valence-corrected chi connectivity index (χ3v) is 5.58. The SMILES string of the molecule is Cc1cc(=O)n(CCCCS(=O)(=O)N(C)c2ccccc2)c(=O)[nH]1. The zero-order chi connectivity index (χ0) is 17.7. The minimum Gasteiger partial charge on any atom is -0.311 e. The summed E-state index contributed by atoms with van der Waals surface area (Å²) in [6.45, 7) is 1.83. The molecule has 0 fully saturated rings. The highest BCUT2D eigenvalue weighted by Crippen LogP contribution is 2.16. The Labute approximate surface area is 140 Å². The summed E-state index contributed by atoms with van der Waals surface area (Å²) in [5.41, 5.74) is 0.266. The van der Waals surface area contributed by atoms with Crippen LogP contribution in [0.5, 0.6) is 0 Å². The van der Waals surface area contributed by atoms with Crippen molar-refractivity contribution in [1.29, 1.82) is 0 Å². The lowest BCUT2D eigenvalue weighted by molar-refractivity contribution is 0.565. The second-order valence-electron chi connectivity index (χ2n) is 5.57. The van der Waals surface area contributed by atoms with Gasteiger partial charge in [0.15, 0.2) is 0 Å². The molecule has 1 N–H and O–H groups in total. The first kappa shape index (κ1) is 18.0. The lowest BCUT2D eigenvalue weighted by Crippen LogP contribution is -2.35. The van der Waals surface area contributed by atoms with Crippen LogP contribution in [-0.2, 0) is 16.6 Å². The van der Waals surface area contributed by atoms with E-state index in [4.69, 9.17) is 0 Å². The maximum atomic E-state index is 12.3. The molecule has 0 spiro atoms. The summed E-state index contributed by atoms with van der Waals surface area (Å²) in [5, 5.41) is 0. The standard InChI is InChI=1S/C16H21N3O4S/c1-13-12-15(20)19(16(21)17-13)10-6-7-11-24(22,23)18(2)14-8-4-3-5-9-14/h3-5,8-9,12H,6-7,10-11H2,1-2H3,(H,17,21). The second kappa shape index (κ2) is 7.48. The molecule has 0 aliphatic heterocycles. The van der Waals surface area contributed by atoms with E-state index in [-0.39, 0.29) is 17.9 Å². The normalized spacial score (nSPS) is 11.4. The molecule has 0 bridgehead atoms. The number of aromatic amines is 1. The van der Waals surface area contributed by atoms with E-state index in [1.54, 1.807) is 31.2 Å². The average Bonchev–Trinajstić information content (AvgIpc) is 2.53. The van der Waals surface area contributed by atoms with Gasteiger partial charge in [-0.2, -0.15) is 0 Å². The van der Waals surface area contributed by atoms with Crippen LogP contribution < -0.4 is 15.6 Å². The molecule has 0 radical (unpaired) electrons. The van der Waals surface area contributed by atoms with Crippen LogP contribution in [0.2, 0.25) is 0 Å². The van der Waals surface area contributed by atoms with Gasteiger partial charge in [0.25, 0.3) is 5.56 Å². The number of nitrogens with zero attached hydrogens (tertiary/aromatic N) is 2. The Hall–Kier alpha value is -2.35. The van der Waals surface area contributed by atoms with Crippen molar-refractivity contribution < 1.29 is 8.42 Å². The molecule has 0 atom stereocenters. The molecule has 8 heteroatoms. The lowest BCUT2D eigenvalue weighted by atomic mass is 10.3. The molecule has 2 aromatic rings. The van der Waals surface area contributed by atoms with E-state index in [1.807, 2.05) is 6.07 Å². The molecule has 1 heterocycles. The van der Waals surface area contributed by atoms with E-state index >= 15 is 0 Å². The fourth-order valence-corrected chi connectivity index (χ4v) is 3.62. The summed E-state index contributed by atoms with van der Waals surface area (Å²) in [6, 6.07) is 10.2. The van der Waals surface area contributed by atoms with Crippen LogP contribution in [0, 0.1) is 6.92 Å². The first-order chi connectivity index (χ1) is 11.3. The smallest absolute Gasteiger partial charge is 0.311 e. The quantitative estimate of drug-likeness (QED) is 0.756. The first-order valence-corrected chi connectivity index (χ1v) is 9.24. The summed E-state index contributed by atoms with van der Waals surface area (Å²) in [7, 11) is -1.92. The maximum Gasteiger partial charge on any atom is 0.328 e. The van der Waals surface area contributed by atoms with Crippen LogP contribution in [0.3, 0.4) is 0 Å². The van der Waals surface area contributed by atoms with Crippen molar-refractivity contribution in [3.05, 3.63) is 62.9 Å². The van der Waals surface area contributed by atoms with Gasteiger partial charge >= 0.3 is 5.69 Å². The molecular formula is C16H21N3O4S. The van der Waals surface area contributed by atoms with Gasteiger partial charge < -0.3 is 4.98 Å². The van der Waals surface area contributed by atoms with Gasteiger partial charge in [-0.05, 0) is 31.9 Å². The Bertz CT molecular complexity index is 870. The minimum atomic E-state index is -3.43. The molecule has 24 heavy (non-hydrogen) atoms. The Morgan fingerprint density at radius 2 is 1.79 bits per heavy atom. The number of rotatable bonds is 7. The zero-order valence-corrected chi connectivity index (χ0v) is 14.5. The van der Waals surface area contributed by atoms with Crippen LogP contribution in [0.1, 0.15) is 18.5 Å². The molecule has 0 unspecified atom stereocenters. The van der Waals surface area contributed by atoms with Crippen LogP contribution in [0.25, 0.3) is 0 Å². The van der Waals surface area contributed by atoms with Gasteiger partial charge in [-0.15, -0.1) is 0 Å². The summed E-state index contributed by atoms with van der Waals surface area (Å²) >= 11 is 0. The summed E-state index contributed by atoms with van der Waals surface area (Å²) in [4.78, 5) is 26.0. The fraction of sp³-hybridized carbons (Fsp3) is 0.375. The Morgan fingerprint density at radius 1 is 1.12 bits per heavy atom. The van der Waals surface area contributed by atoms with Crippen molar-refractivity contribution in [2.45, 2.75) is 26.3 Å². The molecule has 130 valence electrons. The fourth-order valence-electron chi connectivity index (χ4n) is 2.34. The topological polar surface area (TPSA) is 92.2 Å². The monoisotopic (exact) mass is 351 g/mol. The van der Waals surface area contributed by atoms with E-state index in [2.05, 4.69) is 4.98 Å². The maximum absolute atomic E-state index is 12.3. The molecule has 0 aliphatic carbocycles. The molecule has 2 rings (SSSR count). The third-order valence-electron chi connectivity index (χ3n) is 3.73. The van der Waals surface area contributed by atoms with Crippen molar-refractivity contribution in [1.82, 2.24) is 9.55 Å². The highest BCUT2D eigenvalue weighted by molar-refractivity contribution is 7.92. The molecule has 0 amide bonds. The number of hydrogen-bond donors (Lipinski definition) is 1. The van der Waals surface area contributed by atoms with Crippen LogP contribution in [0.4, 0.5) is 5.69 Å². The summed E-state index contributed by atoms with van der Waals surface area (Å²) in [6.07, 6.45) is 0.785. The van der Waals surface area contributed by atoms with Gasteiger partial charge in [-0.25, -0.2) is 13.2 Å². The third kappa shape index (κ3) is 4.35. The zero-order valence-electron chi connectivity index (χ0n) is 13.7. The molecule has 1 aromatic heterocycles. The van der Waals surface area contributed by atoms with E-state index in [1.165, 1.54) is 17.4 Å². The Balaban J connectivity index is 1.95. The predicted molar refractivity (Wildman–Crippen MR) is 93.9 cm³/mol. The number of para-hydroxylation sites is 1. The van der Waals surface area contributed by atoms with Crippen LogP contribution >= 0.6 is 0 Å². The summed E-state index contributed by atoms with van der Waals surface area (Å²) in [5.74, 6) is -0.0447. The molecule has 0 aliphatic rings. The van der Waals surface area contributed by atoms with Gasteiger partial charge in [-0.3, -0.25) is 13.7 Å². The molecule has 1 aromatic carbocycles. The minimum absolute atomic E-state index is 0.0447. The number of benzene rings is 1. The van der Waals surface area contributed by atoms with Crippen molar-refractivity contribution in [3.8, 4) is 0 Å². The Kier molecular flexibility index (Phi) is 5.61. The number of sulfonamides is 1. The van der Waals surface area contributed by atoms with Crippen LogP contribution in [0.15, 0.2) is 46.0 Å². The van der Waals surface area contributed by atoms with E-state index in [0.29, 0.717) is 24.2 Å².